The van der Waals surface area contributed by atoms with Crippen LogP contribution in [-0.4, -0.2) is 0 Å². The number of halogens is 1. The van der Waals surface area contributed by atoms with Crippen LogP contribution >= 0.6 is 15.9 Å². The van der Waals surface area contributed by atoms with E-state index < -0.39 is 0 Å². The summed E-state index contributed by atoms with van der Waals surface area (Å²) in [6.07, 6.45) is 4.85. The van der Waals surface area contributed by atoms with E-state index in [0.29, 0.717) is 0 Å². The van der Waals surface area contributed by atoms with E-state index in [1.807, 2.05) is 26.0 Å². The Morgan fingerprint density at radius 1 is 1.27 bits per heavy atom. The van der Waals surface area contributed by atoms with Gasteiger partial charge in [-0.15, -0.1) is 0 Å². The molecule has 0 heterocycles. The fraction of sp³-hybridized carbons (Fsp3) is 0.400. The highest BCUT2D eigenvalue weighted by Gasteiger charge is 1.80. The Kier molecular flexibility index (Phi) is 11.7. The predicted octanol–water partition coefficient (Wildman–Crippen LogP) is 4.44. The molecule has 64 valence electrons. The molecule has 0 aliphatic rings. The topological polar surface area (TPSA) is 0 Å². The quantitative estimate of drug-likeness (QED) is 0.613. The lowest BCUT2D eigenvalue weighted by Gasteiger charge is -1.88. The van der Waals surface area contributed by atoms with Gasteiger partial charge < -0.3 is 0 Å². The average molecular weight is 217 g/mol. The van der Waals surface area contributed by atoms with Crippen LogP contribution in [0.2, 0.25) is 0 Å². The molecular weight excluding hydrogens is 200 g/mol. The van der Waals surface area contributed by atoms with Gasteiger partial charge in [0, 0.05) is 4.48 Å². The Labute approximate surface area is 78.8 Å². The highest BCUT2D eigenvalue weighted by Crippen LogP contribution is 2.05. The van der Waals surface area contributed by atoms with Gasteiger partial charge in [0.05, 0.1) is 0 Å². The first-order valence-electron chi connectivity index (χ1n) is 3.87. The van der Waals surface area contributed by atoms with Crippen molar-refractivity contribution in [3.8, 4) is 0 Å². The second kappa shape index (κ2) is 9.70. The van der Waals surface area contributed by atoms with E-state index in [0.717, 1.165) is 16.5 Å². The summed E-state index contributed by atoms with van der Waals surface area (Å²) in [5.74, 6) is 0. The summed E-state index contributed by atoms with van der Waals surface area (Å²) in [6.45, 7) is 13.5. The normalized spacial score (nSPS) is 8.73. The third-order valence-electron chi connectivity index (χ3n) is 0.954. The van der Waals surface area contributed by atoms with E-state index in [-0.39, 0.29) is 0 Å². The van der Waals surface area contributed by atoms with Crippen LogP contribution in [-0.2, 0) is 0 Å². The molecule has 0 N–H and O–H groups in total. The van der Waals surface area contributed by atoms with Gasteiger partial charge in [-0.2, -0.15) is 0 Å². The third kappa shape index (κ3) is 12.8. The Balaban J connectivity index is 0. The molecule has 11 heavy (non-hydrogen) atoms. The van der Waals surface area contributed by atoms with Crippen LogP contribution in [0.25, 0.3) is 0 Å². The van der Waals surface area contributed by atoms with E-state index in [4.69, 9.17) is 0 Å². The molecule has 0 aliphatic carbocycles. The highest BCUT2D eigenvalue weighted by atomic mass is 79.9. The van der Waals surface area contributed by atoms with Crippen molar-refractivity contribution in [1.29, 1.82) is 0 Å². The molecule has 0 aromatic rings. The number of allylic oxidation sites excluding steroid dienone is 4. The molecule has 0 unspecified atom stereocenters. The lowest BCUT2D eigenvalue weighted by Crippen LogP contribution is -1.67. The molecule has 0 radical (unpaired) electrons. The molecule has 0 aromatic carbocycles. The van der Waals surface area contributed by atoms with Crippen molar-refractivity contribution >= 4 is 15.9 Å². The summed E-state index contributed by atoms with van der Waals surface area (Å²) < 4.78 is 0.886. The van der Waals surface area contributed by atoms with Gasteiger partial charge in [-0.3, -0.25) is 0 Å². The number of hydrogen-bond acceptors (Lipinski definition) is 0. The SMILES string of the molecule is C=C(Br)/C=C\C(=C)CC.CC. The maximum absolute atomic E-state index is 3.80. The zero-order chi connectivity index (χ0) is 9.28. The number of hydrogen-bond donors (Lipinski definition) is 0. The Bertz CT molecular complexity index is 143. The third-order valence-corrected chi connectivity index (χ3v) is 1.22. The van der Waals surface area contributed by atoms with Gasteiger partial charge in [0.15, 0.2) is 0 Å². The van der Waals surface area contributed by atoms with Crippen LogP contribution in [0.4, 0.5) is 0 Å². The minimum atomic E-state index is 0.886. The van der Waals surface area contributed by atoms with Crippen LogP contribution in [0.5, 0.6) is 0 Å². The van der Waals surface area contributed by atoms with Gasteiger partial charge in [0.2, 0.25) is 0 Å². The molecule has 0 saturated carbocycles. The van der Waals surface area contributed by atoms with Crippen molar-refractivity contribution in [1.82, 2.24) is 0 Å². The highest BCUT2D eigenvalue weighted by molar-refractivity contribution is 9.11. The first-order chi connectivity index (χ1) is 5.16. The van der Waals surface area contributed by atoms with Crippen LogP contribution in [0.3, 0.4) is 0 Å². The van der Waals surface area contributed by atoms with Crippen molar-refractivity contribution in [2.24, 2.45) is 0 Å². The zero-order valence-corrected chi connectivity index (χ0v) is 9.24. The van der Waals surface area contributed by atoms with Crippen molar-refractivity contribution in [2.45, 2.75) is 27.2 Å². The Morgan fingerprint density at radius 2 is 1.73 bits per heavy atom. The van der Waals surface area contributed by atoms with Crippen molar-refractivity contribution in [2.75, 3.05) is 0 Å². The zero-order valence-electron chi connectivity index (χ0n) is 7.65. The summed E-state index contributed by atoms with van der Waals surface area (Å²) in [5, 5.41) is 0. The first-order valence-corrected chi connectivity index (χ1v) is 4.66. The molecule has 0 saturated heterocycles. The van der Waals surface area contributed by atoms with Crippen molar-refractivity contribution in [3.05, 3.63) is 35.4 Å². The van der Waals surface area contributed by atoms with Gasteiger partial charge in [-0.25, -0.2) is 0 Å². The monoisotopic (exact) mass is 216 g/mol. The summed E-state index contributed by atoms with van der Waals surface area (Å²) in [7, 11) is 0. The van der Waals surface area contributed by atoms with Gasteiger partial charge in [0.1, 0.15) is 0 Å². The van der Waals surface area contributed by atoms with E-state index in [2.05, 4.69) is 36.0 Å². The maximum atomic E-state index is 3.80. The molecule has 0 aliphatic heterocycles. The maximum Gasteiger partial charge on any atom is 0.0103 e. The van der Waals surface area contributed by atoms with E-state index in [1.165, 1.54) is 0 Å². The van der Waals surface area contributed by atoms with E-state index in [1.54, 1.807) is 0 Å². The fourth-order valence-corrected chi connectivity index (χ4v) is 0.458. The summed E-state index contributed by atoms with van der Waals surface area (Å²) in [4.78, 5) is 0. The van der Waals surface area contributed by atoms with Gasteiger partial charge in [-0.05, 0) is 12.5 Å². The van der Waals surface area contributed by atoms with E-state index >= 15 is 0 Å². The molecule has 0 fully saturated rings. The summed E-state index contributed by atoms with van der Waals surface area (Å²) in [5.41, 5.74) is 1.12. The summed E-state index contributed by atoms with van der Waals surface area (Å²) >= 11 is 3.21. The minimum absolute atomic E-state index is 0.886. The minimum Gasteiger partial charge on any atom is -0.0958 e. The Morgan fingerprint density at radius 3 is 2.00 bits per heavy atom. The second-order valence-electron chi connectivity index (χ2n) is 1.79. The lowest BCUT2D eigenvalue weighted by molar-refractivity contribution is 1.16. The first kappa shape index (κ1) is 13.3. The lowest BCUT2D eigenvalue weighted by atomic mass is 10.2. The number of rotatable bonds is 3. The molecule has 0 nitrogen and oxygen atoms in total. The van der Waals surface area contributed by atoms with Gasteiger partial charge >= 0.3 is 0 Å². The second-order valence-corrected chi connectivity index (χ2v) is 2.81. The molecule has 0 aromatic heterocycles. The molecule has 0 atom stereocenters. The fourth-order valence-electron chi connectivity index (χ4n) is 0.326. The van der Waals surface area contributed by atoms with Crippen molar-refractivity contribution < 1.29 is 0 Å². The van der Waals surface area contributed by atoms with Crippen LogP contribution in [0, 0.1) is 0 Å². The van der Waals surface area contributed by atoms with Crippen LogP contribution in [0.1, 0.15) is 27.2 Å². The molecule has 0 rings (SSSR count). The molecule has 0 spiro atoms. The van der Waals surface area contributed by atoms with Gasteiger partial charge in [-0.1, -0.05) is 61.5 Å². The Hall–Kier alpha value is -0.300. The molecular formula is C10H17Br. The van der Waals surface area contributed by atoms with Crippen LogP contribution < -0.4 is 0 Å². The van der Waals surface area contributed by atoms with E-state index in [9.17, 15) is 0 Å². The summed E-state index contributed by atoms with van der Waals surface area (Å²) in [6, 6.07) is 0. The molecule has 0 amide bonds. The molecule has 0 bridgehead atoms. The smallest absolute Gasteiger partial charge is 0.0103 e. The molecule has 1 heteroatoms. The van der Waals surface area contributed by atoms with Gasteiger partial charge in [0.25, 0.3) is 0 Å². The standard InChI is InChI=1S/C8H11Br.C2H6/c1-4-7(2)5-6-8(3)9;1-2/h5-6H,2-4H2,1H3;1-2H3/b6-5-;. The van der Waals surface area contributed by atoms with Crippen LogP contribution in [0.15, 0.2) is 35.4 Å². The largest absolute Gasteiger partial charge is 0.0958 e. The predicted molar refractivity (Wildman–Crippen MR) is 58.0 cm³/mol. The average Bonchev–Trinajstić information content (AvgIpc) is 2.04. The van der Waals surface area contributed by atoms with Crippen molar-refractivity contribution in [3.63, 3.8) is 0 Å².